The summed E-state index contributed by atoms with van der Waals surface area (Å²) in [5, 5.41) is 0. The van der Waals surface area contributed by atoms with Crippen molar-refractivity contribution in [1.29, 1.82) is 0 Å². The van der Waals surface area contributed by atoms with Gasteiger partial charge in [0, 0.05) is 12.4 Å². The van der Waals surface area contributed by atoms with E-state index < -0.39 is 0 Å². The molecule has 1 aromatic heterocycles. The summed E-state index contributed by atoms with van der Waals surface area (Å²) in [7, 11) is 0. The second-order valence-electron chi connectivity index (χ2n) is 2.02. The molecule has 0 saturated heterocycles. The summed E-state index contributed by atoms with van der Waals surface area (Å²) in [4.78, 5) is 17.5. The van der Waals surface area contributed by atoms with E-state index in [1.54, 1.807) is 19.3 Å². The highest BCUT2D eigenvalue weighted by atomic mass is 35.5. The van der Waals surface area contributed by atoms with Gasteiger partial charge in [-0.3, -0.25) is 4.79 Å². The monoisotopic (exact) mass is 190 g/mol. The Balaban J connectivity index is 0.00000121. The lowest BCUT2D eigenvalue weighted by atomic mass is 10.4. The molecule has 0 aliphatic heterocycles. The molecular formula is C7H11ClN2O2. The molecule has 0 aromatic carbocycles. The number of H-pyrrole nitrogens is 1. The Morgan fingerprint density at radius 3 is 3.00 bits per heavy atom. The van der Waals surface area contributed by atoms with Gasteiger partial charge < -0.3 is 9.72 Å². The van der Waals surface area contributed by atoms with E-state index in [4.69, 9.17) is 4.74 Å². The number of aromatic nitrogens is 2. The minimum Gasteiger partial charge on any atom is -0.466 e. The van der Waals surface area contributed by atoms with Crippen molar-refractivity contribution in [3.63, 3.8) is 0 Å². The normalized spacial score (nSPS) is 8.75. The van der Waals surface area contributed by atoms with Gasteiger partial charge in [-0.25, -0.2) is 4.98 Å². The van der Waals surface area contributed by atoms with Gasteiger partial charge in [-0.1, -0.05) is 0 Å². The van der Waals surface area contributed by atoms with Crippen molar-refractivity contribution in [2.24, 2.45) is 0 Å². The van der Waals surface area contributed by atoms with Gasteiger partial charge in [-0.2, -0.15) is 0 Å². The lowest BCUT2D eigenvalue weighted by Crippen LogP contribution is -2.08. The largest absolute Gasteiger partial charge is 0.466 e. The molecule has 0 aliphatic rings. The first kappa shape index (κ1) is 11.0. The maximum absolute atomic E-state index is 10.8. The molecule has 12 heavy (non-hydrogen) atoms. The smallest absolute Gasteiger partial charge is 0.313 e. The van der Waals surface area contributed by atoms with Crippen LogP contribution in [-0.4, -0.2) is 22.5 Å². The van der Waals surface area contributed by atoms with Crippen molar-refractivity contribution < 1.29 is 9.53 Å². The predicted octanol–water partition coefficient (Wildman–Crippen LogP) is 0.937. The fraction of sp³-hybridized carbons (Fsp3) is 0.429. The number of nitrogens with zero attached hydrogens (tertiary/aromatic N) is 1. The van der Waals surface area contributed by atoms with Gasteiger partial charge in [0.15, 0.2) is 0 Å². The first-order chi connectivity index (χ1) is 5.33. The van der Waals surface area contributed by atoms with Crippen LogP contribution in [0, 0.1) is 0 Å². The highest BCUT2D eigenvalue weighted by Crippen LogP contribution is 1.91. The second kappa shape index (κ2) is 5.60. The minimum absolute atomic E-state index is 0. The average molecular weight is 191 g/mol. The number of carbonyl (C=O) groups is 1. The highest BCUT2D eigenvalue weighted by Gasteiger charge is 2.03. The summed E-state index contributed by atoms with van der Waals surface area (Å²) >= 11 is 0. The molecule has 1 heterocycles. The third-order valence-corrected chi connectivity index (χ3v) is 1.17. The SMILES string of the molecule is CCOC(=O)Cc1ncc[nH]1.Cl. The van der Waals surface area contributed by atoms with Crippen LogP contribution in [-0.2, 0) is 16.0 Å². The predicted molar refractivity (Wildman–Crippen MR) is 46.2 cm³/mol. The number of hydrogen-bond acceptors (Lipinski definition) is 3. The molecule has 4 nitrogen and oxygen atoms in total. The molecule has 0 atom stereocenters. The fourth-order valence-electron chi connectivity index (χ4n) is 0.743. The Hall–Kier alpha value is -1.03. The molecule has 0 aliphatic carbocycles. The van der Waals surface area contributed by atoms with E-state index in [1.807, 2.05) is 0 Å². The second-order valence-corrected chi connectivity index (χ2v) is 2.02. The summed E-state index contributed by atoms with van der Waals surface area (Å²) in [6.07, 6.45) is 3.50. The molecule has 1 rings (SSSR count). The number of nitrogens with one attached hydrogen (secondary N) is 1. The standard InChI is InChI=1S/C7H10N2O2.ClH/c1-2-11-7(10)5-6-8-3-4-9-6;/h3-4H,2,5H2,1H3,(H,8,9);1H. The van der Waals surface area contributed by atoms with E-state index in [0.717, 1.165) is 0 Å². The summed E-state index contributed by atoms with van der Waals surface area (Å²) in [6.45, 7) is 2.19. The van der Waals surface area contributed by atoms with Gasteiger partial charge in [-0.15, -0.1) is 12.4 Å². The molecule has 0 bridgehead atoms. The maximum atomic E-state index is 10.8. The number of halogens is 1. The number of ether oxygens (including phenoxy) is 1. The van der Waals surface area contributed by atoms with Gasteiger partial charge in [0.2, 0.25) is 0 Å². The molecule has 0 amide bonds. The van der Waals surface area contributed by atoms with E-state index in [1.165, 1.54) is 0 Å². The van der Waals surface area contributed by atoms with Crippen LogP contribution in [0.5, 0.6) is 0 Å². The van der Waals surface area contributed by atoms with Crippen molar-refractivity contribution in [2.75, 3.05) is 6.61 Å². The van der Waals surface area contributed by atoms with Crippen LogP contribution < -0.4 is 0 Å². The molecule has 1 aromatic rings. The van der Waals surface area contributed by atoms with Gasteiger partial charge >= 0.3 is 5.97 Å². The van der Waals surface area contributed by atoms with Crippen LogP contribution in [0.15, 0.2) is 12.4 Å². The van der Waals surface area contributed by atoms with E-state index in [2.05, 4.69) is 9.97 Å². The number of rotatable bonds is 3. The van der Waals surface area contributed by atoms with Crippen molar-refractivity contribution >= 4 is 18.4 Å². The summed E-state index contributed by atoms with van der Waals surface area (Å²) in [6, 6.07) is 0. The Labute approximate surface area is 76.7 Å². The van der Waals surface area contributed by atoms with E-state index >= 15 is 0 Å². The Morgan fingerprint density at radius 1 is 1.75 bits per heavy atom. The zero-order valence-electron chi connectivity index (χ0n) is 6.74. The van der Waals surface area contributed by atoms with E-state index in [9.17, 15) is 4.79 Å². The zero-order valence-corrected chi connectivity index (χ0v) is 7.56. The van der Waals surface area contributed by atoms with Crippen LogP contribution in [0.4, 0.5) is 0 Å². The van der Waals surface area contributed by atoms with Gasteiger partial charge in [0.05, 0.1) is 6.61 Å². The lowest BCUT2D eigenvalue weighted by Gasteiger charge is -1.97. The van der Waals surface area contributed by atoms with Crippen LogP contribution in [0.25, 0.3) is 0 Å². The lowest BCUT2D eigenvalue weighted by molar-refractivity contribution is -0.142. The molecule has 68 valence electrons. The highest BCUT2D eigenvalue weighted by molar-refractivity contribution is 5.85. The molecule has 0 saturated carbocycles. The van der Waals surface area contributed by atoms with Crippen molar-refractivity contribution in [1.82, 2.24) is 9.97 Å². The van der Waals surface area contributed by atoms with Crippen molar-refractivity contribution in [3.8, 4) is 0 Å². The fourth-order valence-corrected chi connectivity index (χ4v) is 0.743. The summed E-state index contributed by atoms with van der Waals surface area (Å²) in [5.41, 5.74) is 0. The Bertz CT molecular complexity index is 223. The molecular weight excluding hydrogens is 180 g/mol. The first-order valence-electron chi connectivity index (χ1n) is 3.46. The molecule has 0 fully saturated rings. The molecule has 0 spiro atoms. The van der Waals surface area contributed by atoms with Crippen LogP contribution in [0.1, 0.15) is 12.7 Å². The maximum Gasteiger partial charge on any atom is 0.313 e. The topological polar surface area (TPSA) is 55.0 Å². The molecule has 0 radical (unpaired) electrons. The first-order valence-corrected chi connectivity index (χ1v) is 3.46. The Kier molecular flexibility index (Phi) is 5.12. The number of esters is 1. The molecule has 1 N–H and O–H groups in total. The summed E-state index contributed by atoms with van der Waals surface area (Å²) in [5.74, 6) is 0.394. The van der Waals surface area contributed by atoms with E-state index in [-0.39, 0.29) is 24.8 Å². The Morgan fingerprint density at radius 2 is 2.50 bits per heavy atom. The average Bonchev–Trinajstić information content (AvgIpc) is 2.40. The number of aromatic amines is 1. The third-order valence-electron chi connectivity index (χ3n) is 1.17. The van der Waals surface area contributed by atoms with Crippen LogP contribution >= 0.6 is 12.4 Å². The molecule has 5 heteroatoms. The van der Waals surface area contributed by atoms with Crippen LogP contribution in [0.2, 0.25) is 0 Å². The van der Waals surface area contributed by atoms with Gasteiger partial charge in [-0.05, 0) is 6.92 Å². The number of carbonyl (C=O) groups excluding carboxylic acids is 1. The van der Waals surface area contributed by atoms with Gasteiger partial charge in [0.25, 0.3) is 0 Å². The van der Waals surface area contributed by atoms with E-state index in [0.29, 0.717) is 12.4 Å². The van der Waals surface area contributed by atoms with Crippen molar-refractivity contribution in [3.05, 3.63) is 18.2 Å². The minimum atomic E-state index is -0.248. The molecule has 0 unspecified atom stereocenters. The van der Waals surface area contributed by atoms with Gasteiger partial charge in [0.1, 0.15) is 12.2 Å². The zero-order chi connectivity index (χ0) is 8.10. The van der Waals surface area contributed by atoms with Crippen molar-refractivity contribution in [2.45, 2.75) is 13.3 Å². The van der Waals surface area contributed by atoms with Crippen LogP contribution in [0.3, 0.4) is 0 Å². The quantitative estimate of drug-likeness (QED) is 0.722. The third kappa shape index (κ3) is 3.39. The number of hydrogen-bond donors (Lipinski definition) is 1. The summed E-state index contributed by atoms with van der Waals surface area (Å²) < 4.78 is 4.72. The number of imidazole rings is 1.